The van der Waals surface area contributed by atoms with E-state index in [1.165, 1.54) is 35.4 Å². The SMILES string of the molecule is COC(=O)[C@H]1C(=O)C[C@](C)(O)[C@@H](C(=O)OC)[C@@H]1c1ccc(OC)c(OC)c1. The molecule has 0 radical (unpaired) electrons. The van der Waals surface area contributed by atoms with Crippen LogP contribution in [0.5, 0.6) is 11.5 Å². The second kappa shape index (κ2) is 7.96. The van der Waals surface area contributed by atoms with Gasteiger partial charge in [0, 0.05) is 12.3 Å². The highest BCUT2D eigenvalue weighted by Gasteiger charge is 2.57. The van der Waals surface area contributed by atoms with Gasteiger partial charge in [0.05, 0.1) is 40.0 Å². The van der Waals surface area contributed by atoms with E-state index in [0.29, 0.717) is 17.1 Å². The average molecular weight is 380 g/mol. The molecule has 1 saturated carbocycles. The summed E-state index contributed by atoms with van der Waals surface area (Å²) in [6, 6.07) is 4.79. The predicted molar refractivity (Wildman–Crippen MR) is 93.5 cm³/mol. The summed E-state index contributed by atoms with van der Waals surface area (Å²) < 4.78 is 20.1. The first-order valence-corrected chi connectivity index (χ1v) is 8.34. The van der Waals surface area contributed by atoms with Gasteiger partial charge in [-0.2, -0.15) is 0 Å². The lowest BCUT2D eigenvalue weighted by atomic mass is 9.61. The standard InChI is InChI=1S/C19H24O8/c1-19(23)9-11(20)15(17(21)26-4)14(16(19)18(22)27-5)10-6-7-12(24-2)13(8-10)25-3/h6-8,14-16,23H,9H2,1-5H3/t14-,15+,16-,19+/m1/s1. The van der Waals surface area contributed by atoms with Gasteiger partial charge >= 0.3 is 11.9 Å². The number of benzene rings is 1. The third kappa shape index (κ3) is 3.75. The summed E-state index contributed by atoms with van der Waals surface area (Å²) >= 11 is 0. The van der Waals surface area contributed by atoms with Gasteiger partial charge in [-0.3, -0.25) is 14.4 Å². The highest BCUT2D eigenvalue weighted by molar-refractivity contribution is 6.02. The molecule has 1 aromatic carbocycles. The highest BCUT2D eigenvalue weighted by atomic mass is 16.5. The van der Waals surface area contributed by atoms with Gasteiger partial charge < -0.3 is 24.1 Å². The highest BCUT2D eigenvalue weighted by Crippen LogP contribution is 2.47. The molecule has 1 aliphatic rings. The number of esters is 2. The van der Waals surface area contributed by atoms with Crippen molar-refractivity contribution in [2.45, 2.75) is 24.9 Å². The first-order valence-electron chi connectivity index (χ1n) is 8.34. The molecule has 8 nitrogen and oxygen atoms in total. The molecule has 0 unspecified atom stereocenters. The van der Waals surface area contributed by atoms with E-state index in [1.807, 2.05) is 0 Å². The minimum absolute atomic E-state index is 0.361. The van der Waals surface area contributed by atoms with Crippen LogP contribution in [0.3, 0.4) is 0 Å². The molecule has 1 N–H and O–H groups in total. The van der Waals surface area contributed by atoms with E-state index in [4.69, 9.17) is 18.9 Å². The van der Waals surface area contributed by atoms with Crippen molar-refractivity contribution in [1.29, 1.82) is 0 Å². The number of ether oxygens (including phenoxy) is 4. The molecular weight excluding hydrogens is 356 g/mol. The monoisotopic (exact) mass is 380 g/mol. The number of Topliss-reactive ketones (excluding diaryl/α,β-unsaturated/α-hetero) is 1. The third-order valence-electron chi connectivity index (χ3n) is 4.97. The Morgan fingerprint density at radius 2 is 1.63 bits per heavy atom. The molecule has 0 heterocycles. The van der Waals surface area contributed by atoms with Gasteiger partial charge in [-0.15, -0.1) is 0 Å². The fraction of sp³-hybridized carbons (Fsp3) is 0.526. The Kier molecular flexibility index (Phi) is 6.10. The molecule has 0 saturated heterocycles. The smallest absolute Gasteiger partial charge is 0.316 e. The van der Waals surface area contributed by atoms with Crippen LogP contribution in [0, 0.1) is 11.8 Å². The second-order valence-electron chi connectivity index (χ2n) is 6.64. The van der Waals surface area contributed by atoms with Crippen molar-refractivity contribution < 1.29 is 38.4 Å². The van der Waals surface area contributed by atoms with E-state index in [0.717, 1.165) is 0 Å². The first kappa shape index (κ1) is 20.7. The fourth-order valence-electron chi connectivity index (χ4n) is 3.73. The number of ketones is 1. The van der Waals surface area contributed by atoms with Crippen LogP contribution in [0.15, 0.2) is 18.2 Å². The van der Waals surface area contributed by atoms with E-state index in [-0.39, 0.29) is 6.42 Å². The van der Waals surface area contributed by atoms with Crippen LogP contribution >= 0.6 is 0 Å². The summed E-state index contributed by atoms with van der Waals surface area (Å²) in [5.41, 5.74) is -1.24. The molecule has 0 bridgehead atoms. The summed E-state index contributed by atoms with van der Waals surface area (Å²) in [5.74, 6) is -4.59. The van der Waals surface area contributed by atoms with Gasteiger partial charge in [0.1, 0.15) is 5.92 Å². The number of hydrogen-bond donors (Lipinski definition) is 1. The van der Waals surface area contributed by atoms with E-state index >= 15 is 0 Å². The Morgan fingerprint density at radius 3 is 2.15 bits per heavy atom. The Hall–Kier alpha value is -2.61. The maximum absolute atomic E-state index is 12.7. The molecule has 1 fully saturated rings. The molecule has 4 atom stereocenters. The van der Waals surface area contributed by atoms with Gasteiger partial charge in [0.2, 0.25) is 0 Å². The van der Waals surface area contributed by atoms with Crippen LogP contribution in [0.2, 0.25) is 0 Å². The zero-order valence-electron chi connectivity index (χ0n) is 16.0. The van der Waals surface area contributed by atoms with Crippen molar-refractivity contribution in [2.75, 3.05) is 28.4 Å². The maximum atomic E-state index is 12.7. The molecule has 1 aromatic rings. The van der Waals surface area contributed by atoms with Crippen molar-refractivity contribution >= 4 is 17.7 Å². The predicted octanol–water partition coefficient (Wildman–Crippen LogP) is 1.09. The number of hydrogen-bond acceptors (Lipinski definition) is 8. The minimum Gasteiger partial charge on any atom is -0.493 e. The minimum atomic E-state index is -1.69. The molecule has 148 valence electrons. The molecular formula is C19H24O8. The Bertz CT molecular complexity index is 739. The number of carbonyl (C=O) groups is 3. The Morgan fingerprint density at radius 1 is 1.04 bits per heavy atom. The van der Waals surface area contributed by atoms with Crippen LogP contribution in [-0.2, 0) is 23.9 Å². The van der Waals surface area contributed by atoms with E-state index in [9.17, 15) is 19.5 Å². The van der Waals surface area contributed by atoms with Crippen molar-refractivity contribution in [2.24, 2.45) is 11.8 Å². The molecule has 8 heteroatoms. The van der Waals surface area contributed by atoms with Crippen LogP contribution < -0.4 is 9.47 Å². The zero-order valence-corrected chi connectivity index (χ0v) is 16.0. The lowest BCUT2D eigenvalue weighted by Gasteiger charge is -2.43. The fourth-order valence-corrected chi connectivity index (χ4v) is 3.73. The molecule has 0 aliphatic heterocycles. The normalized spacial score (nSPS) is 27.6. The van der Waals surface area contributed by atoms with Crippen LogP contribution in [0.4, 0.5) is 0 Å². The number of methoxy groups -OCH3 is 4. The lowest BCUT2D eigenvalue weighted by Crippen LogP contribution is -2.55. The molecule has 1 aliphatic carbocycles. The van der Waals surface area contributed by atoms with Crippen molar-refractivity contribution in [3.8, 4) is 11.5 Å². The lowest BCUT2D eigenvalue weighted by molar-refractivity contribution is -0.170. The van der Waals surface area contributed by atoms with Crippen molar-refractivity contribution in [3.05, 3.63) is 23.8 Å². The van der Waals surface area contributed by atoms with Crippen LogP contribution in [0.25, 0.3) is 0 Å². The molecule has 2 rings (SSSR count). The van der Waals surface area contributed by atoms with Gasteiger partial charge in [-0.1, -0.05) is 6.07 Å². The second-order valence-corrected chi connectivity index (χ2v) is 6.64. The topological polar surface area (TPSA) is 108 Å². The van der Waals surface area contributed by atoms with Gasteiger partial charge in [0.25, 0.3) is 0 Å². The Labute approximate surface area is 157 Å². The van der Waals surface area contributed by atoms with E-state index in [1.54, 1.807) is 18.2 Å². The summed E-state index contributed by atoms with van der Waals surface area (Å²) in [7, 11) is 5.27. The van der Waals surface area contributed by atoms with Crippen molar-refractivity contribution in [1.82, 2.24) is 0 Å². The summed E-state index contributed by atoms with van der Waals surface area (Å²) in [6.45, 7) is 1.38. The Balaban J connectivity index is 2.69. The molecule has 0 amide bonds. The summed E-state index contributed by atoms with van der Waals surface area (Å²) in [6.07, 6.45) is -0.365. The molecule has 0 spiro atoms. The average Bonchev–Trinajstić information content (AvgIpc) is 2.64. The molecule has 27 heavy (non-hydrogen) atoms. The number of carbonyl (C=O) groups excluding carboxylic acids is 3. The number of rotatable bonds is 5. The molecule has 0 aromatic heterocycles. The maximum Gasteiger partial charge on any atom is 0.316 e. The zero-order chi connectivity index (χ0) is 20.4. The van der Waals surface area contributed by atoms with Crippen molar-refractivity contribution in [3.63, 3.8) is 0 Å². The van der Waals surface area contributed by atoms with Gasteiger partial charge in [-0.25, -0.2) is 0 Å². The quantitative estimate of drug-likeness (QED) is 0.597. The van der Waals surface area contributed by atoms with Gasteiger partial charge in [0.15, 0.2) is 17.3 Å². The van der Waals surface area contributed by atoms with Crippen LogP contribution in [0.1, 0.15) is 24.8 Å². The van der Waals surface area contributed by atoms with Gasteiger partial charge in [-0.05, 0) is 24.6 Å². The number of aliphatic hydroxyl groups is 1. The first-order chi connectivity index (χ1) is 12.7. The van der Waals surface area contributed by atoms with E-state index in [2.05, 4.69) is 0 Å². The summed E-state index contributed by atoms with van der Waals surface area (Å²) in [4.78, 5) is 37.5. The van der Waals surface area contributed by atoms with E-state index < -0.39 is 41.1 Å². The van der Waals surface area contributed by atoms with Crippen LogP contribution in [-0.4, -0.2) is 56.9 Å². The summed E-state index contributed by atoms with van der Waals surface area (Å²) in [5, 5.41) is 10.8. The largest absolute Gasteiger partial charge is 0.493 e. The third-order valence-corrected chi connectivity index (χ3v) is 4.97.